The van der Waals surface area contributed by atoms with Crippen LogP contribution in [0.1, 0.15) is 37.6 Å². The molecule has 2 heteroatoms. The van der Waals surface area contributed by atoms with Gasteiger partial charge in [-0.25, -0.2) is 0 Å². The molecular weight excluding hydrogens is 316 g/mol. The van der Waals surface area contributed by atoms with Crippen LogP contribution in [0.4, 0.5) is 0 Å². The Bertz CT molecular complexity index is 936. The third-order valence-electron chi connectivity index (χ3n) is 4.68. The first kappa shape index (κ1) is 17.8. The maximum atomic E-state index is 4.23. The molecule has 0 aliphatic rings. The molecule has 0 unspecified atom stereocenters. The molecule has 0 atom stereocenters. The fraction of sp³-hybridized carbons (Fsp3) is 0.167. The molecular formula is C24H26N2. The summed E-state index contributed by atoms with van der Waals surface area (Å²) in [6, 6.07) is 19.1. The highest BCUT2D eigenvalue weighted by Gasteiger charge is 2.11. The van der Waals surface area contributed by atoms with Crippen LogP contribution in [0.2, 0.25) is 0 Å². The van der Waals surface area contributed by atoms with E-state index in [1.165, 1.54) is 10.9 Å². The van der Waals surface area contributed by atoms with Gasteiger partial charge in [0.2, 0.25) is 0 Å². The van der Waals surface area contributed by atoms with Gasteiger partial charge in [-0.3, -0.25) is 0 Å². The SMILES string of the molecule is C=C(NC(=C/C)/C(=C\C)c1cc2ccccc2[nH]1)c1ccc(CC)cc1. The van der Waals surface area contributed by atoms with Crippen molar-refractivity contribution in [2.24, 2.45) is 0 Å². The van der Waals surface area contributed by atoms with E-state index >= 15 is 0 Å². The van der Waals surface area contributed by atoms with Gasteiger partial charge >= 0.3 is 0 Å². The minimum atomic E-state index is 0.899. The van der Waals surface area contributed by atoms with Gasteiger partial charge in [0.15, 0.2) is 0 Å². The van der Waals surface area contributed by atoms with Gasteiger partial charge in [0.1, 0.15) is 0 Å². The van der Waals surface area contributed by atoms with E-state index in [2.05, 4.69) is 97.5 Å². The normalized spacial score (nSPS) is 12.4. The molecule has 0 aliphatic carbocycles. The Balaban J connectivity index is 1.85. The number of para-hydroxylation sites is 1. The molecule has 2 N–H and O–H groups in total. The summed E-state index contributed by atoms with van der Waals surface area (Å²) in [5.41, 5.74) is 7.76. The zero-order valence-corrected chi connectivity index (χ0v) is 15.8. The minimum Gasteiger partial charge on any atom is -0.355 e. The van der Waals surface area contributed by atoms with Crippen molar-refractivity contribution in [3.63, 3.8) is 0 Å². The lowest BCUT2D eigenvalue weighted by atomic mass is 10.1. The summed E-state index contributed by atoms with van der Waals surface area (Å²) in [6.45, 7) is 10.5. The van der Waals surface area contributed by atoms with Crippen LogP contribution in [0.15, 0.2) is 79.0 Å². The molecule has 0 fully saturated rings. The second-order valence-electron chi connectivity index (χ2n) is 6.33. The van der Waals surface area contributed by atoms with Crippen molar-refractivity contribution < 1.29 is 0 Å². The second kappa shape index (κ2) is 7.92. The average Bonchev–Trinajstić information content (AvgIpc) is 3.11. The summed E-state index contributed by atoms with van der Waals surface area (Å²) in [4.78, 5) is 3.51. The van der Waals surface area contributed by atoms with Crippen LogP contribution in [0.25, 0.3) is 22.2 Å². The lowest BCUT2D eigenvalue weighted by molar-refractivity contribution is 1.12. The summed E-state index contributed by atoms with van der Waals surface area (Å²) in [5, 5.41) is 4.71. The summed E-state index contributed by atoms with van der Waals surface area (Å²) < 4.78 is 0. The van der Waals surface area contributed by atoms with Crippen molar-refractivity contribution in [3.05, 3.63) is 95.8 Å². The van der Waals surface area contributed by atoms with Gasteiger partial charge in [-0.2, -0.15) is 0 Å². The van der Waals surface area contributed by atoms with E-state index in [9.17, 15) is 0 Å². The van der Waals surface area contributed by atoms with E-state index in [-0.39, 0.29) is 0 Å². The predicted molar refractivity (Wildman–Crippen MR) is 114 cm³/mol. The first-order valence-corrected chi connectivity index (χ1v) is 9.12. The fourth-order valence-corrected chi connectivity index (χ4v) is 3.15. The third-order valence-corrected chi connectivity index (χ3v) is 4.68. The molecule has 0 amide bonds. The van der Waals surface area contributed by atoms with Crippen LogP contribution in [-0.4, -0.2) is 4.98 Å². The van der Waals surface area contributed by atoms with Crippen LogP contribution in [-0.2, 0) is 6.42 Å². The molecule has 0 bridgehead atoms. The van der Waals surface area contributed by atoms with Crippen molar-refractivity contribution in [2.45, 2.75) is 27.2 Å². The van der Waals surface area contributed by atoms with Gasteiger partial charge in [-0.15, -0.1) is 0 Å². The van der Waals surface area contributed by atoms with Crippen molar-refractivity contribution in [3.8, 4) is 0 Å². The Kier molecular flexibility index (Phi) is 5.43. The standard InChI is InChI=1S/C24H26N2/c1-5-18-12-14-19(15-13-18)17(4)25-22(7-3)21(6-2)24-16-20-10-8-9-11-23(20)26-24/h6-16,25-26H,4-5H2,1-3H3/b21-6+,22-7+. The van der Waals surface area contributed by atoms with Crippen LogP contribution in [0.5, 0.6) is 0 Å². The molecule has 0 spiro atoms. The van der Waals surface area contributed by atoms with E-state index in [1.54, 1.807) is 0 Å². The van der Waals surface area contributed by atoms with Crippen molar-refractivity contribution in [1.82, 2.24) is 10.3 Å². The second-order valence-corrected chi connectivity index (χ2v) is 6.33. The topological polar surface area (TPSA) is 27.8 Å². The highest BCUT2D eigenvalue weighted by atomic mass is 14.9. The molecule has 1 heterocycles. The molecule has 0 saturated heterocycles. The number of rotatable bonds is 6. The number of benzene rings is 2. The predicted octanol–water partition coefficient (Wildman–Crippen LogP) is 6.30. The van der Waals surface area contributed by atoms with E-state index in [1.807, 2.05) is 6.92 Å². The number of H-pyrrole nitrogens is 1. The van der Waals surface area contributed by atoms with Crippen molar-refractivity contribution in [2.75, 3.05) is 0 Å². The van der Waals surface area contributed by atoms with Gasteiger partial charge in [-0.1, -0.05) is 68.1 Å². The molecule has 2 nitrogen and oxygen atoms in total. The third kappa shape index (κ3) is 3.65. The summed E-state index contributed by atoms with van der Waals surface area (Å²) in [5.74, 6) is 0. The lowest BCUT2D eigenvalue weighted by Gasteiger charge is -2.16. The molecule has 26 heavy (non-hydrogen) atoms. The minimum absolute atomic E-state index is 0.899. The maximum absolute atomic E-state index is 4.23. The summed E-state index contributed by atoms with van der Waals surface area (Å²) in [7, 11) is 0. The van der Waals surface area contributed by atoms with Crippen LogP contribution in [0, 0.1) is 0 Å². The van der Waals surface area contributed by atoms with Crippen LogP contribution >= 0.6 is 0 Å². The molecule has 3 rings (SSSR count). The lowest BCUT2D eigenvalue weighted by Crippen LogP contribution is -2.12. The number of hydrogen-bond acceptors (Lipinski definition) is 1. The first-order valence-electron chi connectivity index (χ1n) is 9.12. The maximum Gasteiger partial charge on any atom is 0.0482 e. The largest absolute Gasteiger partial charge is 0.355 e. The molecule has 3 aromatic rings. The Morgan fingerprint density at radius 1 is 1.04 bits per heavy atom. The molecule has 132 valence electrons. The quantitative estimate of drug-likeness (QED) is 0.506. The Morgan fingerprint density at radius 3 is 2.38 bits per heavy atom. The fourth-order valence-electron chi connectivity index (χ4n) is 3.15. The molecule has 0 aliphatic heterocycles. The van der Waals surface area contributed by atoms with Gasteiger partial charge in [0.05, 0.1) is 0 Å². The van der Waals surface area contributed by atoms with Crippen molar-refractivity contribution in [1.29, 1.82) is 0 Å². The van der Waals surface area contributed by atoms with Crippen molar-refractivity contribution >= 4 is 22.2 Å². The van der Waals surface area contributed by atoms with E-state index in [0.29, 0.717) is 0 Å². The number of allylic oxidation sites excluding steroid dienone is 3. The number of hydrogen-bond donors (Lipinski definition) is 2. The average molecular weight is 342 g/mol. The number of aryl methyl sites for hydroxylation is 1. The highest BCUT2D eigenvalue weighted by Crippen LogP contribution is 2.26. The van der Waals surface area contributed by atoms with Crippen LogP contribution in [0.3, 0.4) is 0 Å². The van der Waals surface area contributed by atoms with Gasteiger partial charge in [0.25, 0.3) is 0 Å². The number of nitrogens with one attached hydrogen (secondary N) is 2. The molecule has 0 radical (unpaired) electrons. The van der Waals surface area contributed by atoms with E-state index in [0.717, 1.165) is 40.2 Å². The Morgan fingerprint density at radius 2 is 1.77 bits per heavy atom. The Hall–Kier alpha value is -3.00. The monoisotopic (exact) mass is 342 g/mol. The smallest absolute Gasteiger partial charge is 0.0482 e. The zero-order chi connectivity index (χ0) is 18.5. The van der Waals surface area contributed by atoms with E-state index < -0.39 is 0 Å². The summed E-state index contributed by atoms with van der Waals surface area (Å²) >= 11 is 0. The number of aromatic nitrogens is 1. The van der Waals surface area contributed by atoms with Gasteiger partial charge in [0, 0.05) is 33.6 Å². The molecule has 0 saturated carbocycles. The number of fused-ring (bicyclic) bond motifs is 1. The van der Waals surface area contributed by atoms with E-state index in [4.69, 9.17) is 0 Å². The highest BCUT2D eigenvalue weighted by molar-refractivity contribution is 5.88. The molecule has 2 aromatic carbocycles. The van der Waals surface area contributed by atoms with Crippen LogP contribution < -0.4 is 5.32 Å². The zero-order valence-electron chi connectivity index (χ0n) is 15.8. The van der Waals surface area contributed by atoms with Gasteiger partial charge in [-0.05, 0) is 43.5 Å². The Labute approximate surface area is 156 Å². The molecule has 1 aromatic heterocycles. The number of aromatic amines is 1. The van der Waals surface area contributed by atoms with Gasteiger partial charge < -0.3 is 10.3 Å². The first-order chi connectivity index (χ1) is 12.7. The summed E-state index contributed by atoms with van der Waals surface area (Å²) in [6.07, 6.45) is 5.26.